The quantitative estimate of drug-likeness (QED) is 0.216. The Morgan fingerprint density at radius 3 is 1.08 bits per heavy atom. The van der Waals surface area contributed by atoms with Crippen molar-refractivity contribution in [1.82, 2.24) is 0 Å². The maximum Gasteiger partial charge on any atom is 1.00 e. The first-order valence-corrected chi connectivity index (χ1v) is 1.86. The molecule has 0 heterocycles. The molecule has 11 heteroatoms. The normalized spacial score (nSPS) is 5.46. The van der Waals surface area contributed by atoms with E-state index < -0.39 is 19.3 Å². The minimum Gasteiger partial charge on any atom is -1.00 e. The van der Waals surface area contributed by atoms with Crippen molar-refractivity contribution in [3.63, 3.8) is 0 Å². The van der Waals surface area contributed by atoms with Gasteiger partial charge in [0.25, 0.3) is 0 Å². The van der Waals surface area contributed by atoms with E-state index in [0.29, 0.717) is 0 Å². The Balaban J connectivity index is -0.0000000279. The van der Waals surface area contributed by atoms with Gasteiger partial charge in [-0.25, -0.2) is 9.59 Å². The third-order valence-corrected chi connectivity index (χ3v) is 0.183. The molecule has 0 rings (SSSR count). The molecule has 0 atom stereocenters. The van der Waals surface area contributed by atoms with Crippen LogP contribution in [0, 0.1) is 0 Å². The Bertz CT molecular complexity index is 117. The number of carboxylic acid groups (broad SMARTS) is 2. The summed E-state index contributed by atoms with van der Waals surface area (Å²) in [5.41, 5.74) is 0. The van der Waals surface area contributed by atoms with Crippen molar-refractivity contribution in [2.75, 3.05) is 0 Å². The molecule has 66 valence electrons. The van der Waals surface area contributed by atoms with Crippen LogP contribution in [0.5, 0.6) is 0 Å². The summed E-state index contributed by atoms with van der Waals surface area (Å²) in [6, 6.07) is 0. The van der Waals surface area contributed by atoms with Crippen LogP contribution in [0.2, 0.25) is 0 Å². The number of aliphatic carboxylic acids is 2. The van der Waals surface area contributed by atoms with E-state index in [9.17, 15) is 0 Å². The van der Waals surface area contributed by atoms with Gasteiger partial charge in [-0.2, -0.15) is 0 Å². The molecule has 0 unspecified atom stereocenters. The van der Waals surface area contributed by atoms with Gasteiger partial charge in [0.05, 0.1) is 0 Å². The van der Waals surface area contributed by atoms with Gasteiger partial charge in [-0.3, -0.25) is 0 Å². The zero-order valence-electron chi connectivity index (χ0n) is 6.97. The molecular formula is C2H4BFLi2O7. The summed E-state index contributed by atoms with van der Waals surface area (Å²) in [4.78, 5) is 18.2. The number of rotatable bonds is 0. The molecule has 0 aromatic rings. The van der Waals surface area contributed by atoms with Crippen molar-refractivity contribution < 1.29 is 77.3 Å². The fourth-order valence-electron chi connectivity index (χ4n) is 0. The molecule has 4 N–H and O–H groups in total. The van der Waals surface area contributed by atoms with Crippen LogP contribution in [0.4, 0.5) is 0 Å². The molecule has 7 nitrogen and oxygen atoms in total. The van der Waals surface area contributed by atoms with E-state index in [1.807, 2.05) is 0 Å². The zero-order valence-corrected chi connectivity index (χ0v) is 6.97. The summed E-state index contributed by atoms with van der Waals surface area (Å²) in [6.07, 6.45) is 0. The van der Waals surface area contributed by atoms with E-state index in [-0.39, 0.29) is 42.4 Å². The molecule has 0 amide bonds. The standard InChI is InChI=1S/C2H2O4.BH2O3.FH.2Li/c3-1(4)2(5)6;2-1(3)4;;;/h(H,3,4)(H,5,6);2-3H;1H;;/q;-1;;2*+1/p-1. The van der Waals surface area contributed by atoms with Crippen molar-refractivity contribution in [2.24, 2.45) is 0 Å². The second-order valence-corrected chi connectivity index (χ2v) is 0.937. The average Bonchev–Trinajstić information content (AvgIpc) is 1.63. The summed E-state index contributed by atoms with van der Waals surface area (Å²) >= 11 is 0. The summed E-state index contributed by atoms with van der Waals surface area (Å²) in [7, 11) is -2.42. The largest absolute Gasteiger partial charge is 1.00 e. The molecule has 0 aromatic carbocycles. The molecule has 0 fully saturated rings. The van der Waals surface area contributed by atoms with Crippen LogP contribution in [0.3, 0.4) is 0 Å². The van der Waals surface area contributed by atoms with Crippen LogP contribution < -0.4 is 47.4 Å². The third-order valence-electron chi connectivity index (χ3n) is 0.183. The summed E-state index contributed by atoms with van der Waals surface area (Å²) in [5.74, 6) is -3.65. The maximum atomic E-state index is 9.10. The van der Waals surface area contributed by atoms with Gasteiger partial charge in [0, 0.05) is 0 Å². The van der Waals surface area contributed by atoms with E-state index in [1.54, 1.807) is 0 Å². The summed E-state index contributed by atoms with van der Waals surface area (Å²) in [5, 5.41) is 37.5. The Morgan fingerprint density at radius 2 is 1.08 bits per heavy atom. The minimum atomic E-state index is -2.42. The van der Waals surface area contributed by atoms with Crippen LogP contribution >= 0.6 is 0 Å². The molecular weight excluding hydrogens is 180 g/mol. The maximum absolute atomic E-state index is 9.10. The molecule has 0 aliphatic rings. The predicted molar refractivity (Wildman–Crippen MR) is 25.5 cm³/mol. The molecule has 0 aliphatic heterocycles. The van der Waals surface area contributed by atoms with Gasteiger partial charge in [-0.1, -0.05) is 0 Å². The number of carboxylic acids is 2. The van der Waals surface area contributed by atoms with Gasteiger partial charge in [0.15, 0.2) is 0 Å². The number of carbonyl (C=O) groups is 2. The second-order valence-electron chi connectivity index (χ2n) is 0.937. The van der Waals surface area contributed by atoms with E-state index >= 15 is 0 Å². The first-order chi connectivity index (χ1) is 4.37. The van der Waals surface area contributed by atoms with E-state index in [4.69, 9.17) is 34.9 Å². The van der Waals surface area contributed by atoms with E-state index in [0.717, 1.165) is 0 Å². The number of hydrogen-bond acceptors (Lipinski definition) is 5. The van der Waals surface area contributed by atoms with Crippen LogP contribution in [0.15, 0.2) is 0 Å². The summed E-state index contributed by atoms with van der Waals surface area (Å²) < 4.78 is 0. The number of halogens is 1. The fraction of sp³-hybridized carbons (Fsp3) is 0. The van der Waals surface area contributed by atoms with Crippen LogP contribution in [0.1, 0.15) is 0 Å². The monoisotopic (exact) mass is 184 g/mol. The second kappa shape index (κ2) is 17.9. The summed E-state index contributed by atoms with van der Waals surface area (Å²) in [6.45, 7) is 0. The molecule has 13 heavy (non-hydrogen) atoms. The third kappa shape index (κ3) is 74.8. The molecule has 0 bridgehead atoms. The Kier molecular flexibility index (Phi) is 40.3. The van der Waals surface area contributed by atoms with Crippen molar-refractivity contribution in [1.29, 1.82) is 0 Å². The van der Waals surface area contributed by atoms with Crippen molar-refractivity contribution >= 4 is 19.3 Å². The Hall–Kier alpha value is 0.00974. The van der Waals surface area contributed by atoms with Gasteiger partial charge >= 0.3 is 57.0 Å². The van der Waals surface area contributed by atoms with Crippen LogP contribution in [-0.2, 0) is 9.59 Å². The van der Waals surface area contributed by atoms with Crippen molar-refractivity contribution in [2.45, 2.75) is 0 Å². The first kappa shape index (κ1) is 29.2. The van der Waals surface area contributed by atoms with Gasteiger partial charge < -0.3 is 30.0 Å². The van der Waals surface area contributed by atoms with E-state index in [1.165, 1.54) is 0 Å². The zero-order chi connectivity index (χ0) is 8.73. The van der Waals surface area contributed by atoms with Crippen LogP contribution in [0.25, 0.3) is 0 Å². The average molecular weight is 184 g/mol. The van der Waals surface area contributed by atoms with Gasteiger partial charge in [-0.05, 0) is 0 Å². The molecule has 0 aliphatic carbocycles. The van der Waals surface area contributed by atoms with Crippen molar-refractivity contribution in [3.8, 4) is 0 Å². The number of hydrogen-bond donors (Lipinski definition) is 4. The topological polar surface area (TPSA) is 138 Å². The van der Waals surface area contributed by atoms with E-state index in [2.05, 4.69) is 0 Å². The minimum absolute atomic E-state index is 0. The predicted octanol–water partition coefficient (Wildman–Crippen LogP) is -12.5. The van der Waals surface area contributed by atoms with Gasteiger partial charge in [0.2, 0.25) is 0 Å². The van der Waals surface area contributed by atoms with Gasteiger partial charge in [-0.15, -0.1) is 0 Å². The first-order valence-electron chi connectivity index (χ1n) is 1.86. The Morgan fingerprint density at radius 1 is 1.00 bits per heavy atom. The van der Waals surface area contributed by atoms with Crippen LogP contribution in [-0.4, -0.2) is 39.5 Å². The molecule has 0 aromatic heterocycles. The molecule has 0 radical (unpaired) electrons. The van der Waals surface area contributed by atoms with Crippen molar-refractivity contribution in [3.05, 3.63) is 0 Å². The smallest absolute Gasteiger partial charge is 1.00 e. The molecule has 0 saturated heterocycles. The molecule has 0 saturated carbocycles. The Labute approximate surface area is 96.7 Å². The SMILES string of the molecule is O=C(O)C(=O)O.[F-].[Li+].[Li+].[O-]B(O)O. The fourth-order valence-corrected chi connectivity index (χ4v) is 0. The van der Waals surface area contributed by atoms with Gasteiger partial charge in [0.1, 0.15) is 0 Å². The molecule has 0 spiro atoms.